The summed E-state index contributed by atoms with van der Waals surface area (Å²) in [5.41, 5.74) is 0.0991. The van der Waals surface area contributed by atoms with Crippen molar-refractivity contribution in [2.45, 2.75) is 62.7 Å². The number of carbonyl (C=O) groups is 1. The van der Waals surface area contributed by atoms with Gasteiger partial charge in [-0.25, -0.2) is 4.39 Å². The predicted octanol–water partition coefficient (Wildman–Crippen LogP) is 2.11. The van der Waals surface area contributed by atoms with Crippen LogP contribution in [0.3, 0.4) is 0 Å². The third-order valence-corrected chi connectivity index (χ3v) is 6.42. The zero-order valence-corrected chi connectivity index (χ0v) is 12.3. The molecule has 1 amide bonds. The molecule has 1 N–H and O–H groups in total. The molecule has 0 aromatic heterocycles. The lowest BCUT2D eigenvalue weighted by molar-refractivity contribution is -0.149. The maximum atomic E-state index is 13.3. The van der Waals surface area contributed by atoms with Gasteiger partial charge in [0.2, 0.25) is 5.91 Å². The van der Waals surface area contributed by atoms with Crippen molar-refractivity contribution in [3.05, 3.63) is 0 Å². The highest BCUT2D eigenvalue weighted by Gasteiger charge is 2.54. The van der Waals surface area contributed by atoms with E-state index < -0.39 is 6.17 Å². The van der Waals surface area contributed by atoms with Gasteiger partial charge in [0.15, 0.2) is 0 Å². The highest BCUT2D eigenvalue weighted by atomic mass is 19.1. The molecule has 4 aliphatic carbocycles. The van der Waals surface area contributed by atoms with Gasteiger partial charge in [-0.2, -0.15) is 0 Å². The van der Waals surface area contributed by atoms with Crippen LogP contribution in [0.1, 0.15) is 44.9 Å². The lowest BCUT2D eigenvalue weighted by Gasteiger charge is -2.60. The van der Waals surface area contributed by atoms with Gasteiger partial charge in [-0.3, -0.25) is 4.79 Å². The third-order valence-electron chi connectivity index (χ3n) is 6.42. The fourth-order valence-electron chi connectivity index (χ4n) is 5.82. The van der Waals surface area contributed by atoms with Gasteiger partial charge in [0.05, 0.1) is 6.04 Å². The van der Waals surface area contributed by atoms with Crippen molar-refractivity contribution in [3.63, 3.8) is 0 Å². The topological polar surface area (TPSA) is 32.3 Å². The highest BCUT2D eigenvalue weighted by molar-refractivity contribution is 5.83. The summed E-state index contributed by atoms with van der Waals surface area (Å²) in [5, 5.41) is 3.05. The Morgan fingerprint density at radius 1 is 1.10 bits per heavy atom. The summed E-state index contributed by atoms with van der Waals surface area (Å²) in [5.74, 6) is 2.64. The maximum Gasteiger partial charge on any atom is 0.240 e. The van der Waals surface area contributed by atoms with Gasteiger partial charge < -0.3 is 10.2 Å². The van der Waals surface area contributed by atoms with Crippen LogP contribution in [0.4, 0.5) is 4.39 Å². The Labute approximate surface area is 120 Å². The van der Waals surface area contributed by atoms with Crippen molar-refractivity contribution in [3.8, 4) is 0 Å². The number of alkyl halides is 1. The van der Waals surface area contributed by atoms with Gasteiger partial charge in [-0.05, 0) is 56.3 Å². The van der Waals surface area contributed by atoms with E-state index in [-0.39, 0.29) is 17.5 Å². The molecule has 20 heavy (non-hydrogen) atoms. The first-order chi connectivity index (χ1) is 9.56. The average molecular weight is 280 g/mol. The Bertz CT molecular complexity index is 389. The second-order valence-corrected chi connectivity index (χ2v) is 7.83. The number of nitrogens with zero attached hydrogens (tertiary/aromatic N) is 1. The first-order valence-electron chi connectivity index (χ1n) is 8.21. The first-order valence-corrected chi connectivity index (χ1v) is 8.21. The quantitative estimate of drug-likeness (QED) is 0.840. The predicted molar refractivity (Wildman–Crippen MR) is 75.0 cm³/mol. The van der Waals surface area contributed by atoms with Crippen LogP contribution in [0.25, 0.3) is 0 Å². The van der Waals surface area contributed by atoms with E-state index in [9.17, 15) is 9.18 Å². The molecule has 4 heteroatoms. The fourth-order valence-corrected chi connectivity index (χ4v) is 5.82. The van der Waals surface area contributed by atoms with Crippen molar-refractivity contribution in [2.24, 2.45) is 17.8 Å². The van der Waals surface area contributed by atoms with Crippen LogP contribution in [-0.2, 0) is 4.79 Å². The standard InChI is InChI=1S/C16H25FN2O/c1-19(15(20)14-5-13(17)9-18-14)16-6-10-2-11(7-16)4-12(3-10)8-16/h10-14,18H,2-9H2,1H3. The van der Waals surface area contributed by atoms with Gasteiger partial charge in [-0.15, -0.1) is 0 Å². The number of rotatable bonds is 2. The summed E-state index contributed by atoms with van der Waals surface area (Å²) in [6, 6.07) is -0.289. The molecule has 0 aromatic carbocycles. The van der Waals surface area contributed by atoms with E-state index in [1.54, 1.807) is 0 Å². The van der Waals surface area contributed by atoms with Crippen molar-refractivity contribution >= 4 is 5.91 Å². The Morgan fingerprint density at radius 2 is 1.65 bits per heavy atom. The van der Waals surface area contributed by atoms with Gasteiger partial charge in [0.1, 0.15) is 6.17 Å². The molecule has 4 saturated carbocycles. The average Bonchev–Trinajstić information content (AvgIpc) is 2.82. The summed E-state index contributed by atoms with van der Waals surface area (Å²) < 4.78 is 13.3. The Morgan fingerprint density at radius 3 is 2.10 bits per heavy atom. The summed E-state index contributed by atoms with van der Waals surface area (Å²) in [7, 11) is 1.97. The summed E-state index contributed by atoms with van der Waals surface area (Å²) in [6.07, 6.45) is 7.22. The number of hydrogen-bond acceptors (Lipinski definition) is 2. The number of hydrogen-bond donors (Lipinski definition) is 1. The lowest BCUT2D eigenvalue weighted by Crippen LogP contribution is -2.62. The molecule has 112 valence electrons. The van der Waals surface area contributed by atoms with Crippen LogP contribution in [0.15, 0.2) is 0 Å². The highest BCUT2D eigenvalue weighted by Crippen LogP contribution is 2.57. The minimum atomic E-state index is -0.853. The van der Waals surface area contributed by atoms with E-state index in [2.05, 4.69) is 5.32 Å². The van der Waals surface area contributed by atoms with Gasteiger partial charge in [0, 0.05) is 25.6 Å². The van der Waals surface area contributed by atoms with E-state index in [0.717, 1.165) is 17.8 Å². The zero-order valence-electron chi connectivity index (χ0n) is 12.3. The maximum absolute atomic E-state index is 13.3. The minimum Gasteiger partial charge on any atom is -0.339 e. The molecule has 1 saturated heterocycles. The van der Waals surface area contributed by atoms with Crippen LogP contribution < -0.4 is 5.32 Å². The van der Waals surface area contributed by atoms with Crippen molar-refractivity contribution in [2.75, 3.05) is 13.6 Å². The van der Waals surface area contributed by atoms with Crippen LogP contribution in [0.5, 0.6) is 0 Å². The second-order valence-electron chi connectivity index (χ2n) is 7.83. The summed E-state index contributed by atoms with van der Waals surface area (Å²) in [4.78, 5) is 14.7. The smallest absolute Gasteiger partial charge is 0.240 e. The van der Waals surface area contributed by atoms with Gasteiger partial charge in [-0.1, -0.05) is 0 Å². The zero-order chi connectivity index (χ0) is 13.9. The molecule has 2 atom stereocenters. The molecule has 5 fully saturated rings. The normalized spacial score (nSPS) is 49.6. The fraction of sp³-hybridized carbons (Fsp3) is 0.938. The van der Waals surface area contributed by atoms with E-state index in [1.807, 2.05) is 11.9 Å². The Kier molecular flexibility index (Phi) is 2.89. The largest absolute Gasteiger partial charge is 0.339 e. The molecular formula is C16H25FN2O. The first kappa shape index (κ1) is 13.1. The molecule has 4 bridgehead atoms. The van der Waals surface area contributed by atoms with E-state index in [4.69, 9.17) is 0 Å². The number of nitrogens with one attached hydrogen (secondary N) is 1. The van der Waals surface area contributed by atoms with E-state index in [1.165, 1.54) is 38.5 Å². The summed E-state index contributed by atoms with van der Waals surface area (Å²) >= 11 is 0. The van der Waals surface area contributed by atoms with Crippen molar-refractivity contribution in [1.82, 2.24) is 10.2 Å². The second kappa shape index (κ2) is 4.43. The monoisotopic (exact) mass is 280 g/mol. The SMILES string of the molecule is CN(C(=O)C1CC(F)CN1)C12CC3CC(CC(C3)C1)C2. The number of amides is 1. The van der Waals surface area contributed by atoms with Crippen LogP contribution in [0.2, 0.25) is 0 Å². The molecule has 0 spiro atoms. The van der Waals surface area contributed by atoms with Crippen LogP contribution >= 0.6 is 0 Å². The van der Waals surface area contributed by atoms with E-state index >= 15 is 0 Å². The Balaban J connectivity index is 1.53. The minimum absolute atomic E-state index is 0.0991. The van der Waals surface area contributed by atoms with Crippen molar-refractivity contribution < 1.29 is 9.18 Å². The van der Waals surface area contributed by atoms with Crippen molar-refractivity contribution in [1.29, 1.82) is 0 Å². The molecule has 1 heterocycles. The molecular weight excluding hydrogens is 255 g/mol. The number of halogens is 1. The molecule has 3 nitrogen and oxygen atoms in total. The van der Waals surface area contributed by atoms with E-state index in [0.29, 0.717) is 13.0 Å². The molecule has 0 aromatic rings. The molecule has 2 unspecified atom stereocenters. The molecule has 0 radical (unpaired) electrons. The van der Waals surface area contributed by atoms with Gasteiger partial charge >= 0.3 is 0 Å². The van der Waals surface area contributed by atoms with Crippen LogP contribution in [-0.4, -0.2) is 42.2 Å². The number of carbonyl (C=O) groups excluding carboxylic acids is 1. The van der Waals surface area contributed by atoms with Crippen LogP contribution in [0, 0.1) is 17.8 Å². The lowest BCUT2D eigenvalue weighted by atomic mass is 9.52. The number of likely N-dealkylation sites (N-methyl/N-ethyl adjacent to an activating group) is 1. The molecule has 5 rings (SSSR count). The molecule has 1 aliphatic heterocycles. The summed E-state index contributed by atoms with van der Waals surface area (Å²) in [6.45, 7) is 0.338. The van der Waals surface area contributed by atoms with Gasteiger partial charge in [0.25, 0.3) is 0 Å². The Hall–Kier alpha value is -0.640. The molecule has 5 aliphatic rings. The third kappa shape index (κ3) is 1.91.